The molecule has 3 aliphatic rings. The van der Waals surface area contributed by atoms with E-state index in [1.807, 2.05) is 43.3 Å². The Morgan fingerprint density at radius 1 is 1.12 bits per heavy atom. The Bertz CT molecular complexity index is 1120. The highest BCUT2D eigenvalue weighted by molar-refractivity contribution is 6.07. The molecule has 0 aromatic heterocycles. The van der Waals surface area contributed by atoms with Gasteiger partial charge in [-0.1, -0.05) is 36.4 Å². The molecule has 1 saturated carbocycles. The third-order valence-electron chi connectivity index (χ3n) is 8.63. The number of aliphatic hydroxyl groups is 1. The molecule has 2 aromatic rings. The van der Waals surface area contributed by atoms with Gasteiger partial charge in [0.25, 0.3) is 5.91 Å². The van der Waals surface area contributed by atoms with Gasteiger partial charge in [0, 0.05) is 18.0 Å². The van der Waals surface area contributed by atoms with E-state index >= 15 is 0 Å². The van der Waals surface area contributed by atoms with Crippen molar-refractivity contribution in [2.75, 3.05) is 13.7 Å². The number of hydrogen-bond donors (Lipinski definition) is 3. The average molecular weight is 464 g/mol. The van der Waals surface area contributed by atoms with Gasteiger partial charge in [-0.25, -0.2) is 4.79 Å². The fraction of sp³-hybridized carbons (Fsp3) is 0.481. The minimum atomic E-state index is -1.09. The molecule has 180 valence electrons. The molecular formula is C27H33N3O4. The number of nitrogens with zero attached hydrogens (tertiary/aromatic N) is 1. The molecule has 3 N–H and O–H groups in total. The minimum absolute atomic E-state index is 0.149. The smallest absolute Gasteiger partial charge is 0.322 e. The second-order valence-electron chi connectivity index (χ2n) is 10.2. The van der Waals surface area contributed by atoms with Crippen molar-refractivity contribution < 1.29 is 19.4 Å². The van der Waals surface area contributed by atoms with Crippen LogP contribution in [-0.2, 0) is 16.8 Å². The molecule has 3 amide bonds. The second-order valence-corrected chi connectivity index (χ2v) is 10.2. The molecule has 0 unspecified atom stereocenters. The van der Waals surface area contributed by atoms with Crippen LogP contribution in [0.3, 0.4) is 0 Å². The fourth-order valence-electron chi connectivity index (χ4n) is 6.71. The van der Waals surface area contributed by atoms with E-state index in [0.29, 0.717) is 25.7 Å². The number of fused-ring (bicyclic) bond motifs is 1. The summed E-state index contributed by atoms with van der Waals surface area (Å²) >= 11 is 0. The summed E-state index contributed by atoms with van der Waals surface area (Å²) in [4.78, 5) is 27.5. The van der Waals surface area contributed by atoms with Crippen LogP contribution in [0.2, 0.25) is 0 Å². The normalized spacial score (nSPS) is 33.4. The molecule has 34 heavy (non-hydrogen) atoms. The van der Waals surface area contributed by atoms with Gasteiger partial charge in [0.15, 0.2) is 0 Å². The van der Waals surface area contributed by atoms with Crippen molar-refractivity contribution in [1.82, 2.24) is 15.5 Å². The summed E-state index contributed by atoms with van der Waals surface area (Å²) in [5, 5.41) is 17.9. The third-order valence-corrected chi connectivity index (χ3v) is 8.63. The number of piperidine rings is 1. The molecule has 7 heteroatoms. The lowest BCUT2D eigenvalue weighted by molar-refractivity contribution is -0.172. The first-order valence-electron chi connectivity index (χ1n) is 12.0. The number of imide groups is 1. The highest BCUT2D eigenvalue weighted by Crippen LogP contribution is 2.58. The first-order valence-corrected chi connectivity index (χ1v) is 12.0. The fourth-order valence-corrected chi connectivity index (χ4v) is 6.71. The van der Waals surface area contributed by atoms with Crippen LogP contribution in [0.4, 0.5) is 4.79 Å². The van der Waals surface area contributed by atoms with Gasteiger partial charge in [0.05, 0.1) is 12.7 Å². The molecular weight excluding hydrogens is 430 g/mol. The van der Waals surface area contributed by atoms with E-state index in [-0.39, 0.29) is 11.9 Å². The van der Waals surface area contributed by atoms with E-state index < -0.39 is 22.6 Å². The van der Waals surface area contributed by atoms with Crippen molar-refractivity contribution in [3.63, 3.8) is 0 Å². The van der Waals surface area contributed by atoms with E-state index in [9.17, 15) is 14.7 Å². The molecule has 1 aliphatic carbocycles. The lowest BCUT2D eigenvalue weighted by Gasteiger charge is -2.62. The van der Waals surface area contributed by atoms with Crippen molar-refractivity contribution in [1.29, 1.82) is 0 Å². The van der Waals surface area contributed by atoms with Crippen LogP contribution in [0.1, 0.15) is 49.3 Å². The number of methoxy groups -OCH3 is 1. The van der Waals surface area contributed by atoms with Gasteiger partial charge in [-0.3, -0.25) is 15.0 Å². The molecule has 0 radical (unpaired) electrons. The SMILES string of the molecule is COc1ccc(C)c([C@]23CCN(Cc4ccccc4)[C@H](C)[C@]2(O)CC[C@@]2(C3)NC(=O)NC2=O)c1. The topological polar surface area (TPSA) is 90.9 Å². The summed E-state index contributed by atoms with van der Waals surface area (Å²) in [5.74, 6) is 0.426. The Balaban J connectivity index is 1.60. The summed E-state index contributed by atoms with van der Waals surface area (Å²) in [7, 11) is 1.64. The summed E-state index contributed by atoms with van der Waals surface area (Å²) in [6.07, 6.45) is 1.82. The standard InChI is InChI=1S/C27H33N3O4/c1-18-9-10-21(34-3)15-22(18)25-13-14-30(16-20-7-5-4-6-8-20)19(2)27(25,33)12-11-26(17-25)23(31)28-24(32)29-26/h4-10,15,19,33H,11-14,16-17H2,1-3H3,(H2,28,29,31,32)/t19-,25-,26+,27-/m1/s1. The van der Waals surface area contributed by atoms with E-state index in [4.69, 9.17) is 4.74 Å². The Kier molecular flexibility index (Phi) is 5.45. The van der Waals surface area contributed by atoms with Gasteiger partial charge in [-0.15, -0.1) is 0 Å². The number of aryl methyl sites for hydroxylation is 1. The third kappa shape index (κ3) is 3.33. The quantitative estimate of drug-likeness (QED) is 0.607. The number of rotatable bonds is 4. The molecule has 2 aromatic carbocycles. The maximum absolute atomic E-state index is 13.0. The molecule has 0 bridgehead atoms. The van der Waals surface area contributed by atoms with Crippen molar-refractivity contribution in [2.45, 2.75) is 68.7 Å². The summed E-state index contributed by atoms with van der Waals surface area (Å²) in [5.41, 5.74) is 0.428. The zero-order valence-electron chi connectivity index (χ0n) is 20.1. The summed E-state index contributed by atoms with van der Waals surface area (Å²) < 4.78 is 5.55. The van der Waals surface area contributed by atoms with Gasteiger partial charge in [0.2, 0.25) is 0 Å². The van der Waals surface area contributed by atoms with E-state index in [1.54, 1.807) is 7.11 Å². The van der Waals surface area contributed by atoms with Crippen LogP contribution in [0, 0.1) is 6.92 Å². The summed E-state index contributed by atoms with van der Waals surface area (Å²) in [6, 6.07) is 15.6. The number of benzene rings is 2. The Morgan fingerprint density at radius 3 is 2.56 bits per heavy atom. The number of hydrogen-bond acceptors (Lipinski definition) is 5. The number of urea groups is 1. The minimum Gasteiger partial charge on any atom is -0.497 e. The average Bonchev–Trinajstić information content (AvgIpc) is 3.10. The van der Waals surface area contributed by atoms with E-state index in [0.717, 1.165) is 30.0 Å². The van der Waals surface area contributed by atoms with Gasteiger partial charge in [0.1, 0.15) is 11.3 Å². The molecule has 5 rings (SSSR count). The Labute approximate surface area is 200 Å². The van der Waals surface area contributed by atoms with Crippen LogP contribution in [0.5, 0.6) is 5.75 Å². The highest BCUT2D eigenvalue weighted by Gasteiger charge is 2.67. The van der Waals surface area contributed by atoms with Gasteiger partial charge >= 0.3 is 6.03 Å². The van der Waals surface area contributed by atoms with Crippen LogP contribution >= 0.6 is 0 Å². The van der Waals surface area contributed by atoms with Gasteiger partial charge in [-0.05, 0) is 74.9 Å². The van der Waals surface area contributed by atoms with Crippen LogP contribution in [0.25, 0.3) is 0 Å². The Hall–Kier alpha value is -2.90. The maximum atomic E-state index is 13.0. The number of amides is 3. The van der Waals surface area contributed by atoms with Crippen molar-refractivity contribution in [2.24, 2.45) is 0 Å². The van der Waals surface area contributed by atoms with Gasteiger partial charge < -0.3 is 15.2 Å². The number of carbonyl (C=O) groups excluding carboxylic acids is 2. The first-order chi connectivity index (χ1) is 16.2. The molecule has 4 atom stereocenters. The molecule has 2 saturated heterocycles. The predicted molar refractivity (Wildman–Crippen MR) is 129 cm³/mol. The van der Waals surface area contributed by atoms with Crippen molar-refractivity contribution in [3.05, 3.63) is 65.2 Å². The first kappa shape index (κ1) is 22.9. The van der Waals surface area contributed by atoms with Crippen molar-refractivity contribution in [3.8, 4) is 5.75 Å². The summed E-state index contributed by atoms with van der Waals surface area (Å²) in [6.45, 7) is 5.65. The van der Waals surface area contributed by atoms with Gasteiger partial charge in [-0.2, -0.15) is 0 Å². The predicted octanol–water partition coefficient (Wildman–Crippen LogP) is 3.03. The van der Waals surface area contributed by atoms with Crippen molar-refractivity contribution >= 4 is 11.9 Å². The molecule has 2 heterocycles. The lowest BCUT2D eigenvalue weighted by Crippen LogP contribution is -2.73. The Morgan fingerprint density at radius 2 is 1.88 bits per heavy atom. The zero-order valence-corrected chi connectivity index (χ0v) is 20.1. The molecule has 2 aliphatic heterocycles. The van der Waals surface area contributed by atoms with E-state index in [1.165, 1.54) is 5.56 Å². The second kappa shape index (κ2) is 8.10. The highest BCUT2D eigenvalue weighted by atomic mass is 16.5. The molecule has 1 spiro atoms. The number of carbonyl (C=O) groups is 2. The number of nitrogens with one attached hydrogen (secondary N) is 2. The number of ether oxygens (including phenoxy) is 1. The monoisotopic (exact) mass is 463 g/mol. The van der Waals surface area contributed by atoms with Crippen LogP contribution in [0.15, 0.2) is 48.5 Å². The molecule has 7 nitrogen and oxygen atoms in total. The van der Waals surface area contributed by atoms with Crippen LogP contribution in [-0.4, -0.2) is 52.8 Å². The maximum Gasteiger partial charge on any atom is 0.322 e. The largest absolute Gasteiger partial charge is 0.497 e. The lowest BCUT2D eigenvalue weighted by atomic mass is 9.49. The molecule has 3 fully saturated rings. The van der Waals surface area contributed by atoms with E-state index in [2.05, 4.69) is 34.6 Å². The zero-order chi connectivity index (χ0) is 24.1. The van der Waals surface area contributed by atoms with Crippen LogP contribution < -0.4 is 15.4 Å². The number of likely N-dealkylation sites (tertiary alicyclic amines) is 1.